The van der Waals surface area contributed by atoms with Crippen LogP contribution in [0.25, 0.3) is 0 Å². The summed E-state index contributed by atoms with van der Waals surface area (Å²) in [5, 5.41) is 2.80. The molecule has 0 saturated heterocycles. The summed E-state index contributed by atoms with van der Waals surface area (Å²) in [5.74, 6) is -1.04. The third-order valence-electron chi connectivity index (χ3n) is 2.10. The molecule has 2 aromatic rings. The molecule has 1 heterocycles. The number of amides is 1. The number of rotatable bonds is 3. The molecule has 0 aliphatic carbocycles. The van der Waals surface area contributed by atoms with Crippen molar-refractivity contribution in [1.82, 2.24) is 9.36 Å². The third kappa shape index (κ3) is 3.36. The summed E-state index contributed by atoms with van der Waals surface area (Å²) in [6.45, 7) is 0. The third-order valence-corrected chi connectivity index (χ3v) is 3.23. The fraction of sp³-hybridized carbons (Fsp3) is 0.0909. The lowest BCUT2D eigenvalue weighted by Gasteiger charge is -2.01. The van der Waals surface area contributed by atoms with Crippen molar-refractivity contribution >= 4 is 44.5 Å². The van der Waals surface area contributed by atoms with Gasteiger partial charge in [-0.1, -0.05) is 22.0 Å². The lowest BCUT2D eigenvalue weighted by molar-refractivity contribution is 0.0588. The topological polar surface area (TPSA) is 81.2 Å². The first-order valence-corrected chi connectivity index (χ1v) is 6.65. The second-order valence-electron chi connectivity index (χ2n) is 3.38. The molecular formula is C11H8BrN3O3S. The summed E-state index contributed by atoms with van der Waals surface area (Å²) in [5.41, 5.74) is 0.476. The Kier molecular flexibility index (Phi) is 4.23. The Morgan fingerprint density at radius 2 is 2.21 bits per heavy atom. The van der Waals surface area contributed by atoms with E-state index in [1.165, 1.54) is 7.11 Å². The number of nitrogens with zero attached hydrogens (tertiary/aromatic N) is 2. The molecule has 1 N–H and O–H groups in total. The smallest absolute Gasteiger partial charge is 0.377 e. The van der Waals surface area contributed by atoms with Crippen LogP contribution in [0, 0.1) is 0 Å². The molecule has 1 aromatic heterocycles. The minimum atomic E-state index is -0.640. The fourth-order valence-corrected chi connectivity index (χ4v) is 2.20. The van der Waals surface area contributed by atoms with E-state index in [4.69, 9.17) is 0 Å². The molecule has 0 unspecified atom stereocenters. The molecule has 6 nitrogen and oxygen atoms in total. The number of carbonyl (C=O) groups excluding carboxylic acids is 2. The van der Waals surface area contributed by atoms with Gasteiger partial charge in [0, 0.05) is 21.6 Å². The molecule has 0 bridgehead atoms. The number of benzene rings is 1. The maximum absolute atomic E-state index is 11.9. The van der Waals surface area contributed by atoms with Crippen LogP contribution in [0.3, 0.4) is 0 Å². The largest absolute Gasteiger partial charge is 0.463 e. The summed E-state index contributed by atoms with van der Waals surface area (Å²) >= 11 is 4.20. The molecule has 2 rings (SSSR count). The summed E-state index contributed by atoms with van der Waals surface area (Å²) < 4.78 is 9.06. The number of nitrogens with one attached hydrogen (secondary N) is 1. The Labute approximate surface area is 121 Å². The van der Waals surface area contributed by atoms with Crippen molar-refractivity contribution in [3.8, 4) is 0 Å². The van der Waals surface area contributed by atoms with Crippen LogP contribution < -0.4 is 5.32 Å². The number of methoxy groups -OCH3 is 1. The van der Waals surface area contributed by atoms with E-state index in [2.05, 4.69) is 35.3 Å². The van der Waals surface area contributed by atoms with Crippen molar-refractivity contribution < 1.29 is 14.3 Å². The van der Waals surface area contributed by atoms with Gasteiger partial charge in [0.15, 0.2) is 0 Å². The second-order valence-corrected chi connectivity index (χ2v) is 5.05. The van der Waals surface area contributed by atoms with E-state index >= 15 is 0 Å². The number of hydrogen-bond acceptors (Lipinski definition) is 6. The van der Waals surface area contributed by atoms with E-state index in [0.29, 0.717) is 5.56 Å². The Hall–Kier alpha value is -1.80. The van der Waals surface area contributed by atoms with Gasteiger partial charge in [-0.2, -0.15) is 9.36 Å². The predicted molar refractivity (Wildman–Crippen MR) is 73.3 cm³/mol. The van der Waals surface area contributed by atoms with Crippen LogP contribution >= 0.6 is 27.5 Å². The fourth-order valence-electron chi connectivity index (χ4n) is 1.25. The van der Waals surface area contributed by atoms with Gasteiger partial charge in [0.1, 0.15) is 0 Å². The Balaban J connectivity index is 2.11. The lowest BCUT2D eigenvalue weighted by Crippen LogP contribution is -2.12. The van der Waals surface area contributed by atoms with Gasteiger partial charge >= 0.3 is 5.97 Å². The molecule has 0 spiro atoms. The van der Waals surface area contributed by atoms with Gasteiger partial charge in [0.25, 0.3) is 11.7 Å². The van der Waals surface area contributed by atoms with E-state index in [9.17, 15) is 9.59 Å². The number of hydrogen-bond donors (Lipinski definition) is 1. The first-order chi connectivity index (χ1) is 9.10. The Morgan fingerprint density at radius 3 is 2.89 bits per heavy atom. The van der Waals surface area contributed by atoms with E-state index < -0.39 is 5.97 Å². The molecule has 0 aliphatic rings. The molecule has 0 radical (unpaired) electrons. The number of halogens is 1. The van der Waals surface area contributed by atoms with Crippen LogP contribution in [0.4, 0.5) is 5.13 Å². The second kappa shape index (κ2) is 5.89. The molecular weight excluding hydrogens is 334 g/mol. The van der Waals surface area contributed by atoms with Crippen molar-refractivity contribution in [2.75, 3.05) is 12.4 Å². The monoisotopic (exact) mass is 341 g/mol. The highest BCUT2D eigenvalue weighted by Crippen LogP contribution is 2.15. The maximum atomic E-state index is 11.9. The number of esters is 1. The molecule has 0 aliphatic heterocycles. The van der Waals surface area contributed by atoms with Crippen LogP contribution in [0.15, 0.2) is 28.7 Å². The summed E-state index contributed by atoms with van der Waals surface area (Å²) in [6.07, 6.45) is 0. The molecule has 0 atom stereocenters. The van der Waals surface area contributed by atoms with Gasteiger partial charge < -0.3 is 4.74 Å². The van der Waals surface area contributed by atoms with Gasteiger partial charge in [-0.3, -0.25) is 10.1 Å². The minimum absolute atomic E-state index is 0.0722. The van der Waals surface area contributed by atoms with Crippen LogP contribution in [-0.4, -0.2) is 28.3 Å². The van der Waals surface area contributed by atoms with Gasteiger partial charge in [-0.05, 0) is 18.2 Å². The number of ether oxygens (including phenoxy) is 1. The van der Waals surface area contributed by atoms with Crippen molar-refractivity contribution in [2.24, 2.45) is 0 Å². The van der Waals surface area contributed by atoms with Crippen molar-refractivity contribution in [1.29, 1.82) is 0 Å². The van der Waals surface area contributed by atoms with Crippen LogP contribution in [-0.2, 0) is 4.74 Å². The van der Waals surface area contributed by atoms with Gasteiger partial charge in [-0.15, -0.1) is 0 Å². The van der Waals surface area contributed by atoms with Crippen molar-refractivity contribution in [3.05, 3.63) is 40.1 Å². The van der Waals surface area contributed by atoms with Gasteiger partial charge in [-0.25, -0.2) is 4.79 Å². The van der Waals surface area contributed by atoms with E-state index in [1.54, 1.807) is 18.2 Å². The summed E-state index contributed by atoms with van der Waals surface area (Å²) in [4.78, 5) is 26.9. The number of carbonyl (C=O) groups is 2. The van der Waals surface area contributed by atoms with Crippen LogP contribution in [0.2, 0.25) is 0 Å². The Bertz CT molecular complexity index is 629. The zero-order chi connectivity index (χ0) is 13.8. The standard InChI is InChI=1S/C11H8BrN3O3S/c1-18-10(17)8-13-11(19-15-8)14-9(16)6-3-2-4-7(12)5-6/h2-5H,1H3,(H,13,14,15,16). The highest BCUT2D eigenvalue weighted by molar-refractivity contribution is 9.10. The summed E-state index contributed by atoms with van der Waals surface area (Å²) in [7, 11) is 1.24. The molecule has 0 saturated carbocycles. The molecule has 1 amide bonds. The van der Waals surface area contributed by atoms with Crippen LogP contribution in [0.5, 0.6) is 0 Å². The molecule has 98 valence electrons. The zero-order valence-corrected chi connectivity index (χ0v) is 12.1. The molecule has 0 fully saturated rings. The van der Waals surface area contributed by atoms with E-state index in [1.807, 2.05) is 6.07 Å². The first-order valence-electron chi connectivity index (χ1n) is 5.09. The number of aromatic nitrogens is 2. The average Bonchev–Trinajstić information content (AvgIpc) is 2.86. The lowest BCUT2D eigenvalue weighted by atomic mass is 10.2. The van der Waals surface area contributed by atoms with Crippen molar-refractivity contribution in [2.45, 2.75) is 0 Å². The zero-order valence-electron chi connectivity index (χ0n) is 9.71. The van der Waals surface area contributed by atoms with Gasteiger partial charge in [0.2, 0.25) is 5.13 Å². The van der Waals surface area contributed by atoms with Crippen molar-refractivity contribution in [3.63, 3.8) is 0 Å². The first kappa shape index (κ1) is 13.6. The Morgan fingerprint density at radius 1 is 1.42 bits per heavy atom. The predicted octanol–water partition coefficient (Wildman–Crippen LogP) is 2.34. The SMILES string of the molecule is COC(=O)c1nsc(NC(=O)c2cccc(Br)c2)n1. The minimum Gasteiger partial charge on any atom is -0.463 e. The quantitative estimate of drug-likeness (QED) is 0.866. The van der Waals surface area contributed by atoms with Crippen LogP contribution in [0.1, 0.15) is 21.0 Å². The normalized spacial score (nSPS) is 10.0. The molecule has 1 aromatic carbocycles. The van der Waals surface area contributed by atoms with E-state index in [-0.39, 0.29) is 16.9 Å². The molecule has 8 heteroatoms. The van der Waals surface area contributed by atoms with Gasteiger partial charge in [0.05, 0.1) is 7.11 Å². The highest BCUT2D eigenvalue weighted by Gasteiger charge is 2.15. The molecule has 19 heavy (non-hydrogen) atoms. The average molecular weight is 342 g/mol. The summed E-state index contributed by atoms with van der Waals surface area (Å²) in [6, 6.07) is 6.91. The number of anilines is 1. The van der Waals surface area contributed by atoms with E-state index in [0.717, 1.165) is 16.0 Å². The highest BCUT2D eigenvalue weighted by atomic mass is 79.9. The maximum Gasteiger partial charge on any atom is 0.377 e.